The summed E-state index contributed by atoms with van der Waals surface area (Å²) >= 11 is 0. The normalized spacial score (nSPS) is 10.7. The second-order valence-corrected chi connectivity index (χ2v) is 5.66. The molecule has 0 N–H and O–H groups in total. The number of hydrogen-bond donors (Lipinski definition) is 0. The molecule has 0 aliphatic heterocycles. The predicted molar refractivity (Wildman–Crippen MR) is 91.4 cm³/mol. The molecular weight excluding hydrogens is 272 g/mol. The van der Waals surface area contributed by atoms with Crippen molar-refractivity contribution in [2.24, 2.45) is 0 Å². The molecule has 110 valence electrons. The third-order valence-electron chi connectivity index (χ3n) is 4.01. The fourth-order valence-electron chi connectivity index (χ4n) is 2.67. The van der Waals surface area contributed by atoms with Crippen molar-refractivity contribution < 1.29 is 4.42 Å². The van der Waals surface area contributed by atoms with Gasteiger partial charge in [0.15, 0.2) is 0 Å². The van der Waals surface area contributed by atoms with Gasteiger partial charge < -0.3 is 4.42 Å². The Hall–Kier alpha value is -2.53. The molecule has 3 aromatic rings. The van der Waals surface area contributed by atoms with E-state index in [4.69, 9.17) is 4.42 Å². The van der Waals surface area contributed by atoms with Gasteiger partial charge in [-0.05, 0) is 55.7 Å². The molecule has 0 bridgehead atoms. The molecule has 0 spiro atoms. The molecule has 0 aliphatic carbocycles. The lowest BCUT2D eigenvalue weighted by atomic mass is 9.99. The monoisotopic (exact) mass is 290 g/mol. The molecule has 2 nitrogen and oxygen atoms in total. The van der Waals surface area contributed by atoms with Gasteiger partial charge in [-0.1, -0.05) is 24.8 Å². The van der Waals surface area contributed by atoms with Crippen molar-refractivity contribution in [1.82, 2.24) is 0 Å². The van der Waals surface area contributed by atoms with Gasteiger partial charge >= 0.3 is 0 Å². The highest BCUT2D eigenvalue weighted by Gasteiger charge is 2.14. The number of aryl methyl sites for hydroxylation is 3. The van der Waals surface area contributed by atoms with E-state index in [1.165, 1.54) is 0 Å². The number of benzene rings is 2. The Kier molecular flexibility index (Phi) is 3.50. The molecule has 0 saturated carbocycles. The molecule has 0 radical (unpaired) electrons. The van der Waals surface area contributed by atoms with Crippen LogP contribution in [0.3, 0.4) is 0 Å². The van der Waals surface area contributed by atoms with E-state index < -0.39 is 0 Å². The highest BCUT2D eigenvalue weighted by Crippen LogP contribution is 2.27. The maximum absolute atomic E-state index is 12.9. The molecule has 0 atom stereocenters. The van der Waals surface area contributed by atoms with E-state index in [9.17, 15) is 4.79 Å². The Balaban J connectivity index is 2.57. The van der Waals surface area contributed by atoms with E-state index >= 15 is 0 Å². The van der Waals surface area contributed by atoms with Crippen molar-refractivity contribution in [2.45, 2.75) is 34.1 Å². The quantitative estimate of drug-likeness (QED) is 0.446. The van der Waals surface area contributed by atoms with Crippen LogP contribution in [-0.2, 0) is 0 Å². The first-order valence-corrected chi connectivity index (χ1v) is 7.49. The Morgan fingerprint density at radius 2 is 1.91 bits per heavy atom. The second-order valence-electron chi connectivity index (χ2n) is 5.66. The van der Waals surface area contributed by atoms with Gasteiger partial charge in [-0.25, -0.2) is 0 Å². The second kappa shape index (κ2) is 5.35. The van der Waals surface area contributed by atoms with Gasteiger partial charge in [-0.3, -0.25) is 4.79 Å². The van der Waals surface area contributed by atoms with Crippen molar-refractivity contribution >= 4 is 21.9 Å². The molecule has 0 fully saturated rings. The van der Waals surface area contributed by atoms with Gasteiger partial charge in [-0.15, -0.1) is 0 Å². The minimum absolute atomic E-state index is 0.000229. The Bertz CT molecular complexity index is 1010. The molecular formula is C20H18O2. The molecule has 0 aliphatic rings. The predicted octanol–water partition coefficient (Wildman–Crippen LogP) is 4.63. The van der Waals surface area contributed by atoms with Crippen LogP contribution < -0.4 is 5.43 Å². The van der Waals surface area contributed by atoms with Gasteiger partial charge in [-0.2, -0.15) is 0 Å². The highest BCUT2D eigenvalue weighted by atomic mass is 16.3. The molecule has 1 heterocycles. The SMILES string of the molecule is CCC#Cc1cc(C)c(C)c2oc3cc(C)ccc3c(=O)c12. The van der Waals surface area contributed by atoms with E-state index in [1.807, 2.05) is 52.0 Å². The highest BCUT2D eigenvalue weighted by molar-refractivity contribution is 5.95. The molecule has 2 heteroatoms. The van der Waals surface area contributed by atoms with Crippen molar-refractivity contribution in [2.75, 3.05) is 0 Å². The van der Waals surface area contributed by atoms with Crippen LogP contribution >= 0.6 is 0 Å². The van der Waals surface area contributed by atoms with Crippen LogP contribution in [0.15, 0.2) is 33.5 Å². The summed E-state index contributed by atoms with van der Waals surface area (Å²) in [5, 5.41) is 1.21. The van der Waals surface area contributed by atoms with Gasteiger partial charge in [0, 0.05) is 12.0 Å². The first kappa shape index (κ1) is 14.4. The third kappa shape index (κ3) is 2.19. The summed E-state index contributed by atoms with van der Waals surface area (Å²) in [4.78, 5) is 12.9. The first-order valence-electron chi connectivity index (χ1n) is 7.49. The first-order chi connectivity index (χ1) is 10.5. The van der Waals surface area contributed by atoms with Crippen LogP contribution in [0, 0.1) is 32.6 Å². The van der Waals surface area contributed by atoms with Crippen LogP contribution in [0.4, 0.5) is 0 Å². The van der Waals surface area contributed by atoms with Crippen molar-refractivity contribution in [1.29, 1.82) is 0 Å². The minimum Gasteiger partial charge on any atom is -0.455 e. The number of rotatable bonds is 0. The molecule has 0 saturated heterocycles. The van der Waals surface area contributed by atoms with Crippen LogP contribution in [0.1, 0.15) is 35.6 Å². The third-order valence-corrected chi connectivity index (χ3v) is 4.01. The van der Waals surface area contributed by atoms with Gasteiger partial charge in [0.05, 0.1) is 10.8 Å². The Labute approximate surface area is 129 Å². The molecule has 0 unspecified atom stereocenters. The summed E-state index contributed by atoms with van der Waals surface area (Å²) in [6, 6.07) is 7.66. The average Bonchev–Trinajstić information content (AvgIpc) is 2.49. The van der Waals surface area contributed by atoms with Crippen molar-refractivity contribution in [3.05, 3.63) is 56.7 Å². The standard InChI is InChI=1S/C20H18O2/c1-5-6-7-15-11-13(3)14(4)20-18(15)19(21)16-9-8-12(2)10-17(16)22-20/h8-11H,5H2,1-4H3. The van der Waals surface area contributed by atoms with E-state index in [0.717, 1.165) is 28.7 Å². The number of fused-ring (bicyclic) bond motifs is 2. The molecule has 0 amide bonds. The lowest BCUT2D eigenvalue weighted by Crippen LogP contribution is -2.06. The van der Waals surface area contributed by atoms with Gasteiger partial charge in [0.1, 0.15) is 11.2 Å². The molecule has 2 aromatic carbocycles. The zero-order chi connectivity index (χ0) is 15.9. The van der Waals surface area contributed by atoms with E-state index in [1.54, 1.807) is 0 Å². The Morgan fingerprint density at radius 1 is 1.14 bits per heavy atom. The maximum atomic E-state index is 12.9. The van der Waals surface area contributed by atoms with Crippen LogP contribution in [-0.4, -0.2) is 0 Å². The summed E-state index contributed by atoms with van der Waals surface area (Å²) in [5.74, 6) is 6.17. The Morgan fingerprint density at radius 3 is 2.64 bits per heavy atom. The van der Waals surface area contributed by atoms with E-state index in [-0.39, 0.29) is 5.43 Å². The zero-order valence-corrected chi connectivity index (χ0v) is 13.3. The molecule has 22 heavy (non-hydrogen) atoms. The summed E-state index contributed by atoms with van der Waals surface area (Å²) < 4.78 is 6.07. The topological polar surface area (TPSA) is 30.2 Å². The van der Waals surface area contributed by atoms with E-state index in [0.29, 0.717) is 21.9 Å². The zero-order valence-electron chi connectivity index (χ0n) is 13.3. The molecule has 3 rings (SSSR count). The fourth-order valence-corrected chi connectivity index (χ4v) is 2.67. The maximum Gasteiger partial charge on any atom is 0.201 e. The smallest absolute Gasteiger partial charge is 0.201 e. The summed E-state index contributed by atoms with van der Waals surface area (Å²) in [7, 11) is 0. The summed E-state index contributed by atoms with van der Waals surface area (Å²) in [6.07, 6.45) is 0.756. The molecule has 1 aromatic heterocycles. The summed E-state index contributed by atoms with van der Waals surface area (Å²) in [5.41, 5.74) is 5.21. The van der Waals surface area contributed by atoms with Crippen molar-refractivity contribution in [3.8, 4) is 11.8 Å². The minimum atomic E-state index is -0.000229. The number of hydrogen-bond acceptors (Lipinski definition) is 2. The van der Waals surface area contributed by atoms with Gasteiger partial charge in [0.2, 0.25) is 5.43 Å². The van der Waals surface area contributed by atoms with Crippen molar-refractivity contribution in [3.63, 3.8) is 0 Å². The van der Waals surface area contributed by atoms with Crippen LogP contribution in [0.2, 0.25) is 0 Å². The fraction of sp³-hybridized carbons (Fsp3) is 0.250. The largest absolute Gasteiger partial charge is 0.455 e. The van der Waals surface area contributed by atoms with Gasteiger partial charge in [0.25, 0.3) is 0 Å². The summed E-state index contributed by atoms with van der Waals surface area (Å²) in [6.45, 7) is 7.99. The lowest BCUT2D eigenvalue weighted by Gasteiger charge is -2.09. The van der Waals surface area contributed by atoms with Crippen LogP contribution in [0.5, 0.6) is 0 Å². The van der Waals surface area contributed by atoms with Crippen LogP contribution in [0.25, 0.3) is 21.9 Å². The lowest BCUT2D eigenvalue weighted by molar-refractivity contribution is 0.655. The average molecular weight is 290 g/mol. The van der Waals surface area contributed by atoms with E-state index in [2.05, 4.69) is 11.8 Å².